The monoisotopic (exact) mass is 217 g/mol. The van der Waals surface area contributed by atoms with E-state index in [1.807, 2.05) is 20.8 Å². The zero-order valence-corrected chi connectivity index (χ0v) is 9.24. The van der Waals surface area contributed by atoms with Crippen molar-refractivity contribution in [1.82, 2.24) is 4.98 Å². The number of pyridine rings is 1. The van der Waals surface area contributed by atoms with Crippen LogP contribution < -0.4 is 0 Å². The fourth-order valence-electron chi connectivity index (χ4n) is 1.20. The summed E-state index contributed by atoms with van der Waals surface area (Å²) in [6, 6.07) is 2.75. The molecule has 0 spiro atoms. The Balaban J connectivity index is 3.30. The lowest BCUT2D eigenvalue weighted by atomic mass is 9.90. The second kappa shape index (κ2) is 3.51. The lowest BCUT2D eigenvalue weighted by Gasteiger charge is -2.19. The number of aromatic nitrogens is 1. The van der Waals surface area contributed by atoms with Gasteiger partial charge in [0.2, 0.25) is 0 Å². The third-order valence-corrected chi connectivity index (χ3v) is 2.03. The molecule has 0 bridgehead atoms. The summed E-state index contributed by atoms with van der Waals surface area (Å²) in [6.45, 7) is 7.17. The van der Waals surface area contributed by atoms with Crippen LogP contribution in [0.3, 0.4) is 0 Å². The molecule has 0 unspecified atom stereocenters. The molecule has 0 aliphatic heterocycles. The quantitative estimate of drug-likeness (QED) is 0.645. The Morgan fingerprint density at radius 3 is 1.87 bits per heavy atom. The Labute approximate surface area is 87.3 Å². The van der Waals surface area contributed by atoms with Gasteiger partial charge in [-0.05, 0) is 24.6 Å². The summed E-state index contributed by atoms with van der Waals surface area (Å²) in [5.41, 5.74) is -0.129. The molecule has 1 aromatic rings. The predicted octanol–water partition coefficient (Wildman–Crippen LogP) is 3.71. The summed E-state index contributed by atoms with van der Waals surface area (Å²) in [4.78, 5) is 3.65. The van der Waals surface area contributed by atoms with Crippen molar-refractivity contribution in [2.45, 2.75) is 39.3 Å². The van der Waals surface area contributed by atoms with E-state index in [0.29, 0.717) is 11.3 Å². The van der Waals surface area contributed by atoms with Crippen LogP contribution in [0.1, 0.15) is 37.7 Å². The van der Waals surface area contributed by atoms with Gasteiger partial charge in [-0.1, -0.05) is 20.8 Å². The van der Waals surface area contributed by atoms with Crippen molar-refractivity contribution >= 4 is 0 Å². The maximum absolute atomic E-state index is 12.5. The normalized spacial score (nSPS) is 13.0. The van der Waals surface area contributed by atoms with E-state index in [1.54, 1.807) is 13.0 Å². The number of aryl methyl sites for hydroxylation is 1. The molecule has 0 aromatic carbocycles. The van der Waals surface area contributed by atoms with Crippen LogP contribution in [0.15, 0.2) is 12.1 Å². The van der Waals surface area contributed by atoms with Gasteiger partial charge in [0.05, 0.1) is 0 Å². The van der Waals surface area contributed by atoms with E-state index in [2.05, 4.69) is 4.98 Å². The van der Waals surface area contributed by atoms with Crippen LogP contribution in [0.4, 0.5) is 13.2 Å². The zero-order valence-electron chi connectivity index (χ0n) is 9.24. The van der Waals surface area contributed by atoms with Crippen molar-refractivity contribution in [3.63, 3.8) is 0 Å². The smallest absolute Gasteiger partial charge is 0.248 e. The number of nitrogens with zero attached hydrogens (tertiary/aromatic N) is 1. The largest absolute Gasteiger partial charge is 0.433 e. The van der Waals surface area contributed by atoms with E-state index in [1.165, 1.54) is 0 Å². The second-order valence-corrected chi connectivity index (χ2v) is 4.66. The van der Waals surface area contributed by atoms with Crippen molar-refractivity contribution in [3.8, 4) is 0 Å². The van der Waals surface area contributed by atoms with Gasteiger partial charge in [0.1, 0.15) is 5.69 Å². The Hall–Kier alpha value is -1.06. The molecule has 0 aliphatic rings. The molecule has 1 heterocycles. The highest BCUT2D eigenvalue weighted by atomic mass is 19.4. The van der Waals surface area contributed by atoms with Gasteiger partial charge >= 0.3 is 6.18 Å². The van der Waals surface area contributed by atoms with Crippen molar-refractivity contribution in [1.29, 1.82) is 0 Å². The summed E-state index contributed by atoms with van der Waals surface area (Å²) < 4.78 is 37.4. The highest BCUT2D eigenvalue weighted by Crippen LogP contribution is 2.30. The number of rotatable bonds is 0. The van der Waals surface area contributed by atoms with E-state index in [-0.39, 0.29) is 5.41 Å². The maximum Gasteiger partial charge on any atom is 0.433 e. The second-order valence-electron chi connectivity index (χ2n) is 4.66. The average Bonchev–Trinajstić information content (AvgIpc) is 1.99. The molecular formula is C11H14F3N. The predicted molar refractivity (Wildman–Crippen MR) is 52.7 cm³/mol. The molecule has 0 radical (unpaired) electrons. The SMILES string of the molecule is Cc1cc(C(C)(C)C)nc(C(F)(F)F)c1. The number of hydrogen-bond donors (Lipinski definition) is 0. The van der Waals surface area contributed by atoms with Gasteiger partial charge in [0.15, 0.2) is 0 Å². The number of hydrogen-bond acceptors (Lipinski definition) is 1. The fourth-order valence-corrected chi connectivity index (χ4v) is 1.20. The van der Waals surface area contributed by atoms with E-state index in [9.17, 15) is 13.2 Å². The molecule has 1 nitrogen and oxygen atoms in total. The molecule has 15 heavy (non-hydrogen) atoms. The fraction of sp³-hybridized carbons (Fsp3) is 0.545. The van der Waals surface area contributed by atoms with Crippen LogP contribution in [0.5, 0.6) is 0 Å². The van der Waals surface area contributed by atoms with Crippen molar-refractivity contribution in [2.24, 2.45) is 0 Å². The minimum atomic E-state index is -4.37. The van der Waals surface area contributed by atoms with Crippen molar-refractivity contribution < 1.29 is 13.2 Å². The first-order valence-corrected chi connectivity index (χ1v) is 4.67. The minimum Gasteiger partial charge on any atom is -0.248 e. The minimum absolute atomic E-state index is 0.369. The Kier molecular flexibility index (Phi) is 2.81. The summed E-state index contributed by atoms with van der Waals surface area (Å²) in [5.74, 6) is 0. The molecule has 0 aliphatic carbocycles. The van der Waals surface area contributed by atoms with Crippen LogP contribution in [-0.2, 0) is 11.6 Å². The molecule has 1 rings (SSSR count). The van der Waals surface area contributed by atoms with Gasteiger partial charge in [-0.2, -0.15) is 13.2 Å². The molecule has 0 fully saturated rings. The topological polar surface area (TPSA) is 12.9 Å². The summed E-state index contributed by atoms with van der Waals surface area (Å²) in [7, 11) is 0. The van der Waals surface area contributed by atoms with Crippen LogP contribution in [0.25, 0.3) is 0 Å². The highest BCUT2D eigenvalue weighted by Gasteiger charge is 2.33. The molecule has 4 heteroatoms. The molecule has 84 valence electrons. The maximum atomic E-state index is 12.5. The van der Waals surface area contributed by atoms with Crippen LogP contribution in [0.2, 0.25) is 0 Å². The van der Waals surface area contributed by atoms with Crippen molar-refractivity contribution in [2.75, 3.05) is 0 Å². The molecule has 0 saturated carbocycles. The van der Waals surface area contributed by atoms with Crippen LogP contribution >= 0.6 is 0 Å². The van der Waals surface area contributed by atoms with Crippen molar-refractivity contribution in [3.05, 3.63) is 29.1 Å². The lowest BCUT2D eigenvalue weighted by Crippen LogP contribution is -2.18. The standard InChI is InChI=1S/C11H14F3N/c1-7-5-8(10(2,3)4)15-9(6-7)11(12,13)14/h5-6H,1-4H3. The number of alkyl halides is 3. The first kappa shape index (κ1) is 12.0. The van der Waals surface area contributed by atoms with E-state index >= 15 is 0 Å². The third-order valence-electron chi connectivity index (χ3n) is 2.03. The van der Waals surface area contributed by atoms with Gasteiger partial charge in [0.25, 0.3) is 0 Å². The Bertz CT molecular complexity index is 329. The Morgan fingerprint density at radius 1 is 1.00 bits per heavy atom. The molecule has 1 aromatic heterocycles. The molecule has 0 amide bonds. The van der Waals surface area contributed by atoms with E-state index in [0.717, 1.165) is 6.07 Å². The van der Waals surface area contributed by atoms with Gasteiger partial charge in [0, 0.05) is 11.1 Å². The van der Waals surface area contributed by atoms with Crippen LogP contribution in [0, 0.1) is 6.92 Å². The van der Waals surface area contributed by atoms with Gasteiger partial charge in [-0.15, -0.1) is 0 Å². The first-order chi connectivity index (χ1) is 6.60. The van der Waals surface area contributed by atoms with Gasteiger partial charge < -0.3 is 0 Å². The molecule has 0 atom stereocenters. The van der Waals surface area contributed by atoms with Gasteiger partial charge in [-0.25, -0.2) is 4.98 Å². The van der Waals surface area contributed by atoms with E-state index < -0.39 is 11.9 Å². The van der Waals surface area contributed by atoms with Crippen LogP contribution in [-0.4, -0.2) is 4.98 Å². The first-order valence-electron chi connectivity index (χ1n) is 4.67. The lowest BCUT2D eigenvalue weighted by molar-refractivity contribution is -0.141. The third kappa shape index (κ3) is 2.94. The molecular weight excluding hydrogens is 203 g/mol. The summed E-state index contributed by atoms with van der Waals surface area (Å²) in [5, 5.41) is 0. The number of halogens is 3. The van der Waals surface area contributed by atoms with Gasteiger partial charge in [-0.3, -0.25) is 0 Å². The molecule has 0 N–H and O–H groups in total. The van der Waals surface area contributed by atoms with E-state index in [4.69, 9.17) is 0 Å². The molecule has 0 saturated heterocycles. The average molecular weight is 217 g/mol. The zero-order chi connectivity index (χ0) is 11.9. The summed E-state index contributed by atoms with van der Waals surface area (Å²) >= 11 is 0. The summed E-state index contributed by atoms with van der Waals surface area (Å²) in [6.07, 6.45) is -4.37. The highest BCUT2D eigenvalue weighted by molar-refractivity contribution is 5.25. The Morgan fingerprint density at radius 2 is 1.47 bits per heavy atom.